The number of carbonyl (C=O) groups excluding carboxylic acids is 1. The Balaban J connectivity index is 1.56. The Morgan fingerprint density at radius 3 is 2.67 bits per heavy atom. The van der Waals surface area contributed by atoms with Gasteiger partial charge in [-0.05, 0) is 48.5 Å². The molecule has 0 radical (unpaired) electrons. The van der Waals surface area contributed by atoms with E-state index in [1.807, 2.05) is 60.7 Å². The fraction of sp³-hybridized carbons (Fsp3) is 0.115. The zero-order valence-corrected chi connectivity index (χ0v) is 18.9. The first-order chi connectivity index (χ1) is 16.0. The van der Waals surface area contributed by atoms with Crippen LogP contribution in [0.5, 0.6) is 11.5 Å². The summed E-state index contributed by atoms with van der Waals surface area (Å²) in [7, 11) is 1.72. The van der Waals surface area contributed by atoms with Gasteiger partial charge in [0.25, 0.3) is 0 Å². The van der Waals surface area contributed by atoms with E-state index in [0.717, 1.165) is 22.2 Å². The van der Waals surface area contributed by atoms with Crippen LogP contribution in [-0.2, 0) is 4.79 Å². The van der Waals surface area contributed by atoms with E-state index in [0.29, 0.717) is 28.9 Å². The van der Waals surface area contributed by atoms with Crippen molar-refractivity contribution in [3.8, 4) is 23.3 Å². The van der Waals surface area contributed by atoms with Gasteiger partial charge in [-0.1, -0.05) is 41.6 Å². The van der Waals surface area contributed by atoms with Gasteiger partial charge in [-0.2, -0.15) is 0 Å². The smallest absolute Gasteiger partial charge is 0.219 e. The van der Waals surface area contributed by atoms with E-state index in [2.05, 4.69) is 27.1 Å². The summed E-state index contributed by atoms with van der Waals surface area (Å²) in [6.45, 7) is 1.87. The van der Waals surface area contributed by atoms with Crippen molar-refractivity contribution >= 4 is 39.9 Å². The van der Waals surface area contributed by atoms with Gasteiger partial charge in [-0.3, -0.25) is 4.79 Å². The molecule has 7 heteroatoms. The molecule has 0 bridgehead atoms. The van der Waals surface area contributed by atoms with Crippen molar-refractivity contribution in [2.24, 2.45) is 0 Å². The van der Waals surface area contributed by atoms with Gasteiger partial charge in [-0.25, -0.2) is 9.97 Å². The monoisotopic (exact) mass is 456 g/mol. The molecule has 1 amide bonds. The molecule has 1 heterocycles. The second-order valence-corrected chi connectivity index (χ2v) is 7.72. The molecule has 0 aliphatic carbocycles. The van der Waals surface area contributed by atoms with E-state index in [1.165, 1.54) is 13.3 Å². The highest BCUT2D eigenvalue weighted by atomic mass is 35.5. The average molecular weight is 457 g/mol. The predicted octanol–water partition coefficient (Wildman–Crippen LogP) is 5.65. The number of aromatic nitrogens is 2. The van der Waals surface area contributed by atoms with E-state index >= 15 is 0 Å². The van der Waals surface area contributed by atoms with Crippen LogP contribution in [0.1, 0.15) is 12.5 Å². The number of fused-ring (bicyclic) bond motifs is 1. The third-order valence-corrected chi connectivity index (χ3v) is 5.18. The Kier molecular flexibility index (Phi) is 6.72. The number of hydrogen-bond acceptors (Lipinski definition) is 5. The number of amides is 1. The maximum atomic E-state index is 11.3. The van der Waals surface area contributed by atoms with Crippen molar-refractivity contribution in [1.82, 2.24) is 14.9 Å². The SMILES string of the molecule is CC(=O)N(C)CC#Cc1ccc2ncnc(Nc3ccc(Oc4ccccc4)c(Cl)c3)c2c1. The summed E-state index contributed by atoms with van der Waals surface area (Å²) in [5.41, 5.74) is 2.36. The molecule has 164 valence electrons. The highest BCUT2D eigenvalue weighted by Crippen LogP contribution is 2.33. The first-order valence-electron chi connectivity index (χ1n) is 10.2. The first kappa shape index (κ1) is 22.1. The van der Waals surface area contributed by atoms with Gasteiger partial charge >= 0.3 is 0 Å². The standard InChI is InChI=1S/C26H21ClN4O2/c1-18(32)31(2)14-6-7-19-10-12-24-22(15-19)26(29-17-28-24)30-20-11-13-25(23(27)16-20)33-21-8-4-3-5-9-21/h3-5,8-13,15-17H,14H2,1-2H3,(H,28,29,30). The van der Waals surface area contributed by atoms with Gasteiger partial charge in [0, 0.05) is 30.6 Å². The molecule has 0 aliphatic heterocycles. The maximum absolute atomic E-state index is 11.3. The Labute approximate surface area is 197 Å². The van der Waals surface area contributed by atoms with Gasteiger partial charge in [0.15, 0.2) is 0 Å². The lowest BCUT2D eigenvalue weighted by atomic mass is 10.1. The highest BCUT2D eigenvalue weighted by molar-refractivity contribution is 6.32. The van der Waals surface area contributed by atoms with Crippen molar-refractivity contribution in [3.63, 3.8) is 0 Å². The Morgan fingerprint density at radius 2 is 1.91 bits per heavy atom. The highest BCUT2D eigenvalue weighted by Gasteiger charge is 2.08. The molecule has 6 nitrogen and oxygen atoms in total. The minimum absolute atomic E-state index is 0.0263. The van der Waals surface area contributed by atoms with Crippen molar-refractivity contribution in [3.05, 3.63) is 83.6 Å². The van der Waals surface area contributed by atoms with Crippen LogP contribution >= 0.6 is 11.6 Å². The summed E-state index contributed by atoms with van der Waals surface area (Å²) >= 11 is 6.45. The second-order valence-electron chi connectivity index (χ2n) is 7.32. The number of benzene rings is 3. The third kappa shape index (κ3) is 5.59. The lowest BCUT2D eigenvalue weighted by Crippen LogP contribution is -2.23. The van der Waals surface area contributed by atoms with E-state index in [4.69, 9.17) is 16.3 Å². The number of halogens is 1. The zero-order chi connectivity index (χ0) is 23.2. The molecule has 1 N–H and O–H groups in total. The summed E-state index contributed by atoms with van der Waals surface area (Å²) in [4.78, 5) is 21.6. The van der Waals surface area contributed by atoms with Gasteiger partial charge in [0.05, 0.1) is 17.1 Å². The Hall–Kier alpha value is -4.08. The van der Waals surface area contributed by atoms with Crippen LogP contribution in [0, 0.1) is 11.8 Å². The van der Waals surface area contributed by atoms with Gasteiger partial charge in [0.2, 0.25) is 5.91 Å². The number of para-hydroxylation sites is 1. The lowest BCUT2D eigenvalue weighted by molar-refractivity contribution is -0.126. The number of anilines is 2. The molecular weight excluding hydrogens is 436 g/mol. The third-order valence-electron chi connectivity index (χ3n) is 4.89. The topological polar surface area (TPSA) is 67.4 Å². The minimum Gasteiger partial charge on any atom is -0.456 e. The summed E-state index contributed by atoms with van der Waals surface area (Å²) in [5, 5.41) is 4.60. The minimum atomic E-state index is -0.0263. The summed E-state index contributed by atoms with van der Waals surface area (Å²) in [6, 6.07) is 20.7. The summed E-state index contributed by atoms with van der Waals surface area (Å²) in [5.74, 6) is 7.99. The van der Waals surface area contributed by atoms with E-state index in [1.54, 1.807) is 18.0 Å². The molecule has 0 spiro atoms. The molecule has 4 rings (SSSR count). The molecule has 0 fully saturated rings. The number of hydrogen-bond donors (Lipinski definition) is 1. The zero-order valence-electron chi connectivity index (χ0n) is 18.2. The van der Waals surface area contributed by atoms with Crippen LogP contribution in [0.2, 0.25) is 5.02 Å². The maximum Gasteiger partial charge on any atom is 0.219 e. The number of nitrogens with zero attached hydrogens (tertiary/aromatic N) is 3. The number of ether oxygens (including phenoxy) is 1. The number of rotatable bonds is 5. The average Bonchev–Trinajstić information content (AvgIpc) is 2.82. The van der Waals surface area contributed by atoms with E-state index < -0.39 is 0 Å². The van der Waals surface area contributed by atoms with Gasteiger partial charge in [-0.15, -0.1) is 0 Å². The largest absolute Gasteiger partial charge is 0.456 e. The van der Waals surface area contributed by atoms with Crippen molar-refractivity contribution in [2.45, 2.75) is 6.92 Å². The van der Waals surface area contributed by atoms with Crippen LogP contribution in [0.3, 0.4) is 0 Å². The van der Waals surface area contributed by atoms with Crippen molar-refractivity contribution in [2.75, 3.05) is 18.9 Å². The molecule has 0 unspecified atom stereocenters. The second kappa shape index (κ2) is 10.0. The molecule has 0 saturated heterocycles. The van der Waals surface area contributed by atoms with Crippen LogP contribution in [-0.4, -0.2) is 34.4 Å². The van der Waals surface area contributed by atoms with E-state index in [-0.39, 0.29) is 5.91 Å². The lowest BCUT2D eigenvalue weighted by Gasteiger charge is -2.12. The molecule has 4 aromatic rings. The van der Waals surface area contributed by atoms with Crippen molar-refractivity contribution in [1.29, 1.82) is 0 Å². The molecule has 1 aromatic heterocycles. The molecule has 33 heavy (non-hydrogen) atoms. The number of carbonyl (C=O) groups is 1. The fourth-order valence-electron chi connectivity index (χ4n) is 3.02. The molecular formula is C26H21ClN4O2. The fourth-order valence-corrected chi connectivity index (χ4v) is 3.24. The van der Waals surface area contributed by atoms with Crippen LogP contribution in [0.15, 0.2) is 73.1 Å². The van der Waals surface area contributed by atoms with E-state index in [9.17, 15) is 4.79 Å². The first-order valence-corrected chi connectivity index (χ1v) is 10.6. The summed E-state index contributed by atoms with van der Waals surface area (Å²) in [6.07, 6.45) is 1.51. The molecule has 3 aromatic carbocycles. The Bertz CT molecular complexity index is 1360. The molecule has 0 atom stereocenters. The summed E-state index contributed by atoms with van der Waals surface area (Å²) < 4.78 is 5.84. The van der Waals surface area contributed by atoms with Crippen LogP contribution < -0.4 is 10.1 Å². The Morgan fingerprint density at radius 1 is 1.09 bits per heavy atom. The van der Waals surface area contributed by atoms with Gasteiger partial charge < -0.3 is 15.0 Å². The molecule has 0 aliphatic rings. The van der Waals surface area contributed by atoms with Crippen LogP contribution in [0.4, 0.5) is 11.5 Å². The van der Waals surface area contributed by atoms with Crippen molar-refractivity contribution < 1.29 is 9.53 Å². The van der Waals surface area contributed by atoms with Crippen LogP contribution in [0.25, 0.3) is 10.9 Å². The predicted molar refractivity (Wildman–Crippen MR) is 131 cm³/mol. The number of nitrogens with one attached hydrogen (secondary N) is 1. The molecule has 0 saturated carbocycles. The van der Waals surface area contributed by atoms with Gasteiger partial charge in [0.1, 0.15) is 23.6 Å². The quantitative estimate of drug-likeness (QED) is 0.393. The normalized spacial score (nSPS) is 10.3.